The molecule has 8 heteroatoms. The summed E-state index contributed by atoms with van der Waals surface area (Å²) in [5.74, 6) is 1.38. The van der Waals surface area contributed by atoms with E-state index >= 15 is 0 Å². The summed E-state index contributed by atoms with van der Waals surface area (Å²) in [5.41, 5.74) is 4.51. The fourth-order valence-electron chi connectivity index (χ4n) is 3.02. The Balaban J connectivity index is 1.53. The first-order valence-corrected chi connectivity index (χ1v) is 8.35. The number of anilines is 2. The number of benzene rings is 1. The highest BCUT2D eigenvalue weighted by atomic mass is 16.3. The van der Waals surface area contributed by atoms with Gasteiger partial charge in [0.2, 0.25) is 0 Å². The molecule has 0 bridgehead atoms. The third kappa shape index (κ3) is 2.73. The highest BCUT2D eigenvalue weighted by Crippen LogP contribution is 2.27. The molecule has 0 unspecified atom stereocenters. The minimum absolute atomic E-state index is 0.669. The molecule has 5 aromatic rings. The van der Waals surface area contributed by atoms with Crippen LogP contribution in [0.15, 0.2) is 72.3 Å². The Morgan fingerprint density at radius 2 is 2.04 bits per heavy atom. The number of imidazole rings is 1. The second kappa shape index (κ2) is 6.10. The van der Waals surface area contributed by atoms with Crippen LogP contribution in [-0.2, 0) is 7.05 Å². The molecule has 4 aromatic heterocycles. The molecular weight excluding hydrogens is 342 g/mol. The van der Waals surface area contributed by atoms with Crippen LogP contribution in [0.4, 0.5) is 11.5 Å². The Kier molecular flexibility index (Phi) is 3.46. The molecule has 1 aromatic carbocycles. The maximum atomic E-state index is 5.37. The van der Waals surface area contributed by atoms with Crippen LogP contribution in [0.3, 0.4) is 0 Å². The van der Waals surface area contributed by atoms with Crippen LogP contribution in [0.5, 0.6) is 0 Å². The van der Waals surface area contributed by atoms with E-state index in [-0.39, 0.29) is 0 Å². The minimum Gasteiger partial charge on any atom is -0.444 e. The van der Waals surface area contributed by atoms with E-state index in [2.05, 4.69) is 25.4 Å². The van der Waals surface area contributed by atoms with Crippen molar-refractivity contribution in [2.45, 2.75) is 0 Å². The highest BCUT2D eigenvalue weighted by molar-refractivity contribution is 5.75. The summed E-state index contributed by atoms with van der Waals surface area (Å²) < 4.78 is 9.13. The van der Waals surface area contributed by atoms with Crippen molar-refractivity contribution in [2.24, 2.45) is 7.05 Å². The molecule has 27 heavy (non-hydrogen) atoms. The van der Waals surface area contributed by atoms with Crippen molar-refractivity contribution in [2.75, 3.05) is 5.32 Å². The van der Waals surface area contributed by atoms with E-state index in [1.165, 1.54) is 6.39 Å². The molecule has 0 radical (unpaired) electrons. The number of nitrogens with one attached hydrogen (secondary N) is 1. The first-order chi connectivity index (χ1) is 13.3. The Hall–Kier alpha value is -3.94. The summed E-state index contributed by atoms with van der Waals surface area (Å²) in [6.45, 7) is 0. The average Bonchev–Trinajstić information content (AvgIpc) is 3.43. The molecule has 4 heterocycles. The predicted octanol–water partition coefficient (Wildman–Crippen LogP) is 3.53. The number of oxazole rings is 1. The Morgan fingerprint density at radius 1 is 1.07 bits per heavy atom. The standard InChI is InChI=1S/C19H15N7O/c1-25-11-14(8-23-25)16-9-22-19-18(21-5-6-26(16)19)24-15-4-2-3-13(7-15)17-10-20-12-27-17/h2-12H,1H3,(H,21,24). The van der Waals surface area contributed by atoms with E-state index < -0.39 is 0 Å². The zero-order valence-corrected chi connectivity index (χ0v) is 14.4. The van der Waals surface area contributed by atoms with Crippen LogP contribution < -0.4 is 5.32 Å². The molecule has 0 aliphatic carbocycles. The lowest BCUT2D eigenvalue weighted by atomic mass is 10.1. The molecule has 0 saturated carbocycles. The quantitative estimate of drug-likeness (QED) is 0.529. The van der Waals surface area contributed by atoms with Crippen molar-refractivity contribution in [3.63, 3.8) is 0 Å². The van der Waals surface area contributed by atoms with E-state index in [4.69, 9.17) is 4.42 Å². The summed E-state index contributed by atoms with van der Waals surface area (Å²) >= 11 is 0. The Morgan fingerprint density at radius 3 is 2.85 bits per heavy atom. The summed E-state index contributed by atoms with van der Waals surface area (Å²) in [5, 5.41) is 7.58. The van der Waals surface area contributed by atoms with E-state index in [0.29, 0.717) is 11.6 Å². The van der Waals surface area contributed by atoms with Crippen molar-refractivity contribution >= 4 is 17.2 Å². The third-order valence-electron chi connectivity index (χ3n) is 4.27. The Labute approximate surface area is 154 Å². The molecule has 0 aliphatic heterocycles. The predicted molar refractivity (Wildman–Crippen MR) is 100 cm³/mol. The van der Waals surface area contributed by atoms with E-state index in [0.717, 1.165) is 28.2 Å². The fourth-order valence-corrected chi connectivity index (χ4v) is 3.02. The number of hydrogen-bond acceptors (Lipinski definition) is 6. The van der Waals surface area contributed by atoms with Crippen molar-refractivity contribution in [3.8, 4) is 22.6 Å². The maximum absolute atomic E-state index is 5.37. The van der Waals surface area contributed by atoms with Gasteiger partial charge in [0.05, 0.1) is 24.3 Å². The summed E-state index contributed by atoms with van der Waals surface area (Å²) in [6, 6.07) is 7.87. The SMILES string of the molecule is Cn1cc(-c2cnc3c(Nc4cccc(-c5cnco5)c4)nccn23)cn1. The van der Waals surface area contributed by atoms with Gasteiger partial charge in [-0.3, -0.25) is 9.08 Å². The van der Waals surface area contributed by atoms with Gasteiger partial charge in [0.1, 0.15) is 0 Å². The van der Waals surface area contributed by atoms with Gasteiger partial charge in [0.15, 0.2) is 23.6 Å². The van der Waals surface area contributed by atoms with Gasteiger partial charge in [0, 0.05) is 42.5 Å². The number of aryl methyl sites for hydroxylation is 1. The highest BCUT2D eigenvalue weighted by Gasteiger charge is 2.12. The van der Waals surface area contributed by atoms with Gasteiger partial charge < -0.3 is 9.73 Å². The van der Waals surface area contributed by atoms with Gasteiger partial charge in [-0.15, -0.1) is 0 Å². The molecule has 5 rings (SSSR count). The van der Waals surface area contributed by atoms with Crippen LogP contribution in [0.25, 0.3) is 28.2 Å². The van der Waals surface area contributed by atoms with E-state index in [1.54, 1.807) is 17.1 Å². The zero-order valence-electron chi connectivity index (χ0n) is 14.4. The second-order valence-corrected chi connectivity index (χ2v) is 6.09. The first kappa shape index (κ1) is 15.3. The largest absolute Gasteiger partial charge is 0.444 e. The van der Waals surface area contributed by atoms with E-state index in [9.17, 15) is 0 Å². The molecular formula is C19H15N7O. The van der Waals surface area contributed by atoms with Gasteiger partial charge in [0.25, 0.3) is 0 Å². The van der Waals surface area contributed by atoms with Crippen molar-refractivity contribution in [1.29, 1.82) is 0 Å². The number of nitrogens with zero attached hydrogens (tertiary/aromatic N) is 6. The number of rotatable bonds is 4. The summed E-state index contributed by atoms with van der Waals surface area (Å²) in [4.78, 5) is 13.0. The van der Waals surface area contributed by atoms with Crippen LogP contribution in [0.2, 0.25) is 0 Å². The topological polar surface area (TPSA) is 86.1 Å². The zero-order chi connectivity index (χ0) is 18.2. The molecule has 8 nitrogen and oxygen atoms in total. The molecule has 0 amide bonds. The first-order valence-electron chi connectivity index (χ1n) is 8.35. The molecule has 0 atom stereocenters. The monoisotopic (exact) mass is 357 g/mol. The summed E-state index contributed by atoms with van der Waals surface area (Å²) in [6.07, 6.45) is 12.3. The lowest BCUT2D eigenvalue weighted by Crippen LogP contribution is -1.98. The number of aromatic nitrogens is 6. The van der Waals surface area contributed by atoms with Crippen LogP contribution in [-0.4, -0.2) is 29.1 Å². The average molecular weight is 357 g/mol. The fraction of sp³-hybridized carbons (Fsp3) is 0.0526. The van der Waals surface area contributed by atoms with Crippen molar-refractivity contribution in [3.05, 3.63) is 67.8 Å². The van der Waals surface area contributed by atoms with Gasteiger partial charge in [-0.25, -0.2) is 15.0 Å². The molecule has 0 saturated heterocycles. The summed E-state index contributed by atoms with van der Waals surface area (Å²) in [7, 11) is 1.89. The van der Waals surface area contributed by atoms with E-state index in [1.807, 2.05) is 60.5 Å². The number of hydrogen-bond donors (Lipinski definition) is 1. The third-order valence-corrected chi connectivity index (χ3v) is 4.27. The van der Waals surface area contributed by atoms with Gasteiger partial charge in [-0.05, 0) is 12.1 Å². The van der Waals surface area contributed by atoms with Crippen molar-refractivity contribution in [1.82, 2.24) is 29.1 Å². The molecule has 1 N–H and O–H groups in total. The van der Waals surface area contributed by atoms with Crippen LogP contribution in [0.1, 0.15) is 0 Å². The normalized spacial score (nSPS) is 11.1. The minimum atomic E-state index is 0.669. The van der Waals surface area contributed by atoms with Gasteiger partial charge >= 0.3 is 0 Å². The second-order valence-electron chi connectivity index (χ2n) is 6.09. The molecule has 0 aliphatic rings. The molecule has 0 spiro atoms. The maximum Gasteiger partial charge on any atom is 0.181 e. The lowest BCUT2D eigenvalue weighted by Gasteiger charge is -2.08. The Bertz CT molecular complexity index is 1220. The smallest absolute Gasteiger partial charge is 0.181 e. The van der Waals surface area contributed by atoms with Crippen LogP contribution >= 0.6 is 0 Å². The van der Waals surface area contributed by atoms with Crippen molar-refractivity contribution < 1.29 is 4.42 Å². The number of fused-ring (bicyclic) bond motifs is 1. The van der Waals surface area contributed by atoms with Gasteiger partial charge in [-0.2, -0.15) is 5.10 Å². The van der Waals surface area contributed by atoms with Gasteiger partial charge in [-0.1, -0.05) is 12.1 Å². The molecule has 132 valence electrons. The lowest BCUT2D eigenvalue weighted by molar-refractivity contribution is 0.572. The van der Waals surface area contributed by atoms with Crippen LogP contribution in [0, 0.1) is 0 Å². The molecule has 0 fully saturated rings.